The molecule has 0 saturated carbocycles. The number of hydrogen-bond donors (Lipinski definition) is 2. The zero-order chi connectivity index (χ0) is 14.4. The fraction of sp³-hybridized carbons (Fsp3) is 0.0714. The first-order chi connectivity index (χ1) is 10.2. The zero-order valence-electron chi connectivity index (χ0n) is 10.7. The molecule has 0 aromatic carbocycles. The number of carbonyl (C=O) groups is 1. The highest BCUT2D eigenvalue weighted by Gasteiger charge is 2.30. The van der Waals surface area contributed by atoms with Crippen LogP contribution in [0.1, 0.15) is 16.1 Å². The second kappa shape index (κ2) is 4.64. The normalized spacial score (nSPS) is 14.1. The summed E-state index contributed by atoms with van der Waals surface area (Å²) in [5.41, 5.74) is 2.62. The number of aromatic hydroxyl groups is 1. The first-order valence-corrected chi connectivity index (χ1v) is 7.99. The van der Waals surface area contributed by atoms with Gasteiger partial charge in [0.05, 0.1) is 22.6 Å². The maximum absolute atomic E-state index is 12.0. The van der Waals surface area contributed by atoms with E-state index in [-0.39, 0.29) is 18.2 Å². The predicted octanol–water partition coefficient (Wildman–Crippen LogP) is 2.83. The molecule has 0 atom stereocenters. The Balaban J connectivity index is 1.96. The molecule has 3 aromatic heterocycles. The van der Waals surface area contributed by atoms with E-state index in [9.17, 15) is 9.90 Å². The Morgan fingerprint density at radius 2 is 2.19 bits per heavy atom. The number of H-pyrrole nitrogens is 1. The van der Waals surface area contributed by atoms with Crippen LogP contribution in [0.15, 0.2) is 34.1 Å². The molecule has 7 heteroatoms. The number of rotatable bonds is 2. The van der Waals surface area contributed by atoms with Crippen LogP contribution in [0.2, 0.25) is 0 Å². The van der Waals surface area contributed by atoms with Gasteiger partial charge in [-0.3, -0.25) is 4.79 Å². The molecule has 21 heavy (non-hydrogen) atoms. The van der Waals surface area contributed by atoms with Crippen LogP contribution in [0, 0.1) is 0 Å². The molecule has 0 bridgehead atoms. The third-order valence-electron chi connectivity index (χ3n) is 3.29. The van der Waals surface area contributed by atoms with Crippen molar-refractivity contribution in [2.45, 2.75) is 6.42 Å². The summed E-state index contributed by atoms with van der Waals surface area (Å²) in [7, 11) is 0. The largest absolute Gasteiger partial charge is 0.494 e. The molecular formula is C14H9N3O2S2. The number of carbonyl (C=O) groups excluding carboxylic acids is 1. The summed E-state index contributed by atoms with van der Waals surface area (Å²) in [4.78, 5) is 24.2. The van der Waals surface area contributed by atoms with Crippen molar-refractivity contribution >= 4 is 34.3 Å². The summed E-state index contributed by atoms with van der Waals surface area (Å²) in [5.74, 6) is -0.181. The molecule has 0 unspecified atom stereocenters. The number of aliphatic imine (C=N–C) groups is 1. The van der Waals surface area contributed by atoms with Crippen molar-refractivity contribution in [3.63, 3.8) is 0 Å². The molecule has 4 rings (SSSR count). The monoisotopic (exact) mass is 315 g/mol. The van der Waals surface area contributed by atoms with Gasteiger partial charge in [0.15, 0.2) is 5.88 Å². The molecule has 1 amide bonds. The number of aromatic nitrogens is 2. The van der Waals surface area contributed by atoms with Gasteiger partial charge in [0.2, 0.25) is 0 Å². The molecule has 3 aromatic rings. The molecule has 0 radical (unpaired) electrons. The highest BCUT2D eigenvalue weighted by Crippen LogP contribution is 2.38. The van der Waals surface area contributed by atoms with Gasteiger partial charge in [-0.05, 0) is 11.4 Å². The van der Waals surface area contributed by atoms with E-state index in [4.69, 9.17) is 0 Å². The van der Waals surface area contributed by atoms with Crippen LogP contribution in [0.25, 0.3) is 10.6 Å². The van der Waals surface area contributed by atoms with E-state index in [0.29, 0.717) is 16.3 Å². The van der Waals surface area contributed by atoms with Gasteiger partial charge in [-0.15, -0.1) is 22.7 Å². The van der Waals surface area contributed by atoms with Crippen LogP contribution in [0.4, 0.5) is 0 Å². The van der Waals surface area contributed by atoms with E-state index in [1.165, 1.54) is 11.3 Å². The quantitative estimate of drug-likeness (QED) is 0.763. The number of thiophene rings is 1. The molecule has 1 aliphatic heterocycles. The van der Waals surface area contributed by atoms with Gasteiger partial charge in [0, 0.05) is 17.1 Å². The van der Waals surface area contributed by atoms with Crippen LogP contribution in [-0.4, -0.2) is 26.7 Å². The van der Waals surface area contributed by atoms with Crippen LogP contribution in [0.3, 0.4) is 0 Å². The summed E-state index contributed by atoms with van der Waals surface area (Å²) < 4.78 is 0. The minimum atomic E-state index is -0.218. The fourth-order valence-corrected chi connectivity index (χ4v) is 3.84. The summed E-state index contributed by atoms with van der Waals surface area (Å²) in [6, 6.07) is 3.89. The number of hydrogen-bond acceptors (Lipinski definition) is 5. The number of amides is 1. The van der Waals surface area contributed by atoms with E-state index < -0.39 is 0 Å². The van der Waals surface area contributed by atoms with Crippen molar-refractivity contribution in [1.82, 2.24) is 9.97 Å². The van der Waals surface area contributed by atoms with E-state index in [1.807, 2.05) is 22.9 Å². The molecule has 0 aliphatic carbocycles. The van der Waals surface area contributed by atoms with Gasteiger partial charge >= 0.3 is 0 Å². The minimum Gasteiger partial charge on any atom is -0.494 e. The molecule has 104 valence electrons. The number of thiazole rings is 1. The van der Waals surface area contributed by atoms with Crippen LogP contribution >= 0.6 is 22.7 Å². The third kappa shape index (κ3) is 1.93. The summed E-state index contributed by atoms with van der Waals surface area (Å²) >= 11 is 2.95. The van der Waals surface area contributed by atoms with Crippen molar-refractivity contribution in [2.75, 3.05) is 0 Å². The minimum absolute atomic E-state index is 0.0369. The lowest BCUT2D eigenvalue weighted by molar-refractivity contribution is -0.117. The lowest BCUT2D eigenvalue weighted by Gasteiger charge is -2.11. The average Bonchev–Trinajstić information content (AvgIpc) is 3.18. The van der Waals surface area contributed by atoms with Crippen molar-refractivity contribution < 1.29 is 9.90 Å². The SMILES string of the molecule is O=C1Cc2c(-c3cccs3)[nH]c(O)c2C(c2nccs2)=N1. The zero-order valence-corrected chi connectivity index (χ0v) is 12.3. The Bertz CT molecular complexity index is 845. The Morgan fingerprint density at radius 1 is 1.29 bits per heavy atom. The number of fused-ring (bicyclic) bond motifs is 1. The van der Waals surface area contributed by atoms with Crippen LogP contribution < -0.4 is 0 Å². The molecular weight excluding hydrogens is 306 g/mol. The van der Waals surface area contributed by atoms with E-state index in [1.54, 1.807) is 17.5 Å². The topological polar surface area (TPSA) is 78.3 Å². The van der Waals surface area contributed by atoms with Crippen molar-refractivity contribution in [3.05, 3.63) is 45.2 Å². The van der Waals surface area contributed by atoms with E-state index >= 15 is 0 Å². The Kier molecular flexibility index (Phi) is 2.76. The highest BCUT2D eigenvalue weighted by molar-refractivity contribution is 7.13. The fourth-order valence-electron chi connectivity index (χ4n) is 2.45. The van der Waals surface area contributed by atoms with E-state index in [2.05, 4.69) is 15.0 Å². The number of nitrogens with zero attached hydrogens (tertiary/aromatic N) is 2. The second-order valence-electron chi connectivity index (χ2n) is 4.55. The van der Waals surface area contributed by atoms with E-state index in [0.717, 1.165) is 16.1 Å². The predicted molar refractivity (Wildman–Crippen MR) is 82.2 cm³/mol. The van der Waals surface area contributed by atoms with Crippen molar-refractivity contribution in [3.8, 4) is 16.5 Å². The number of nitrogens with one attached hydrogen (secondary N) is 1. The van der Waals surface area contributed by atoms with Gasteiger partial charge in [-0.25, -0.2) is 9.98 Å². The lowest BCUT2D eigenvalue weighted by atomic mass is 9.99. The second-order valence-corrected chi connectivity index (χ2v) is 6.39. The van der Waals surface area contributed by atoms with Crippen LogP contribution in [-0.2, 0) is 11.2 Å². The Labute approximate surface area is 127 Å². The average molecular weight is 315 g/mol. The first-order valence-electron chi connectivity index (χ1n) is 6.23. The molecule has 2 N–H and O–H groups in total. The van der Waals surface area contributed by atoms with Crippen molar-refractivity contribution in [1.29, 1.82) is 0 Å². The molecule has 4 heterocycles. The smallest absolute Gasteiger partial charge is 0.250 e. The standard InChI is InChI=1S/C14H9N3O2S2/c18-9-6-7-10(12(16-9)14-15-3-5-21-14)13(19)17-11(7)8-2-1-4-20-8/h1-5,17,19H,6H2. The molecule has 0 spiro atoms. The molecule has 1 aliphatic rings. The first kappa shape index (κ1) is 12.5. The third-order valence-corrected chi connectivity index (χ3v) is 4.95. The molecule has 5 nitrogen and oxygen atoms in total. The van der Waals surface area contributed by atoms with Gasteiger partial charge < -0.3 is 10.1 Å². The van der Waals surface area contributed by atoms with Gasteiger partial charge in [0.1, 0.15) is 10.7 Å². The van der Waals surface area contributed by atoms with Crippen molar-refractivity contribution in [2.24, 2.45) is 4.99 Å². The maximum atomic E-state index is 12.0. The lowest BCUT2D eigenvalue weighted by Crippen LogP contribution is -2.16. The molecule has 0 fully saturated rings. The highest BCUT2D eigenvalue weighted by atomic mass is 32.1. The van der Waals surface area contributed by atoms with Gasteiger partial charge in [-0.1, -0.05) is 6.07 Å². The summed E-state index contributed by atoms with van der Waals surface area (Å²) in [5, 5.41) is 14.7. The maximum Gasteiger partial charge on any atom is 0.250 e. The van der Waals surface area contributed by atoms with Gasteiger partial charge in [-0.2, -0.15) is 0 Å². The van der Waals surface area contributed by atoms with Crippen LogP contribution in [0.5, 0.6) is 5.88 Å². The molecule has 0 saturated heterocycles. The summed E-state index contributed by atoms with van der Waals surface area (Å²) in [6.07, 6.45) is 1.85. The Morgan fingerprint density at radius 3 is 2.90 bits per heavy atom. The van der Waals surface area contributed by atoms with Gasteiger partial charge in [0.25, 0.3) is 5.91 Å². The summed E-state index contributed by atoms with van der Waals surface area (Å²) in [6.45, 7) is 0. The number of aromatic amines is 1. The Hall–Kier alpha value is -2.25.